The van der Waals surface area contributed by atoms with Gasteiger partial charge >= 0.3 is 0 Å². The predicted molar refractivity (Wildman–Crippen MR) is 178 cm³/mol. The van der Waals surface area contributed by atoms with E-state index in [4.69, 9.17) is 0 Å². The second-order valence-corrected chi connectivity index (χ2v) is 14.5. The highest BCUT2D eigenvalue weighted by Crippen LogP contribution is 2.39. The van der Waals surface area contributed by atoms with Gasteiger partial charge in [-0.2, -0.15) is 40.4 Å². The summed E-state index contributed by atoms with van der Waals surface area (Å²) >= 11 is 6.10. The Morgan fingerprint density at radius 3 is 1.86 bits per heavy atom. The van der Waals surface area contributed by atoms with Gasteiger partial charge < -0.3 is 4.90 Å². The van der Waals surface area contributed by atoms with Crippen molar-refractivity contribution in [3.8, 4) is 0 Å². The molecule has 3 nitrogen and oxygen atoms in total. The monoisotopic (exact) mass is 665 g/mol. The van der Waals surface area contributed by atoms with E-state index in [1.54, 1.807) is 0 Å². The van der Waals surface area contributed by atoms with E-state index in [9.17, 15) is 22.0 Å². The minimum absolute atomic E-state index is 0.207. The van der Waals surface area contributed by atoms with Crippen LogP contribution in [0, 0.1) is 29.1 Å². The molecule has 11 heteroatoms. The molecule has 5 rings (SSSR count). The van der Waals surface area contributed by atoms with Gasteiger partial charge in [0.25, 0.3) is 0 Å². The maximum absolute atomic E-state index is 15.0. The standard InChI is InChI=1S/C33H36F5N3S3/c34-25-20-29(37)33(38)32(21-25)41-31(22-30(39-41)24-7-10-27(35)28(36)19-24)23-5-8-26(9-6-23)40-11-1-13-42-15-3-17-44-18-4-16-43-14-2-12-40/h5-10,19-21,31H,1-4,11-18,22H2/t31-/m0/s1. The fourth-order valence-electron chi connectivity index (χ4n) is 5.38. The highest BCUT2D eigenvalue weighted by atomic mass is 32.2. The van der Waals surface area contributed by atoms with Crippen LogP contribution < -0.4 is 9.91 Å². The number of hydrazone groups is 1. The van der Waals surface area contributed by atoms with Gasteiger partial charge in [-0.25, -0.2) is 22.0 Å². The van der Waals surface area contributed by atoms with E-state index in [2.05, 4.69) is 21.8 Å². The SMILES string of the molecule is Fc1cc(F)c(F)c(N2N=C(c3ccc(F)c(F)c3)C[C@H]2c2ccc(N3CCCSCCCSCCCSCCC3)cc2)c1. The van der Waals surface area contributed by atoms with Crippen LogP contribution in [0.2, 0.25) is 0 Å². The fourth-order valence-corrected chi connectivity index (χ4v) is 8.41. The van der Waals surface area contributed by atoms with Gasteiger partial charge in [0.1, 0.15) is 11.5 Å². The maximum atomic E-state index is 15.0. The summed E-state index contributed by atoms with van der Waals surface area (Å²) in [6, 6.07) is 12.1. The van der Waals surface area contributed by atoms with Gasteiger partial charge in [-0.15, -0.1) is 0 Å². The molecule has 2 aliphatic heterocycles. The summed E-state index contributed by atoms with van der Waals surface area (Å²) in [6.07, 6.45) is 4.87. The second-order valence-electron chi connectivity index (χ2n) is 10.8. The van der Waals surface area contributed by atoms with Crippen molar-refractivity contribution in [2.45, 2.75) is 38.1 Å². The van der Waals surface area contributed by atoms with E-state index >= 15 is 0 Å². The highest BCUT2D eigenvalue weighted by Gasteiger charge is 2.33. The molecule has 1 atom stereocenters. The number of rotatable bonds is 4. The number of hydrogen-bond acceptors (Lipinski definition) is 6. The van der Waals surface area contributed by atoms with Crippen LogP contribution in [0.4, 0.5) is 33.3 Å². The molecule has 236 valence electrons. The molecular formula is C33H36F5N3S3. The van der Waals surface area contributed by atoms with Crippen LogP contribution in [0.5, 0.6) is 0 Å². The largest absolute Gasteiger partial charge is 0.371 e. The minimum atomic E-state index is -1.33. The number of benzene rings is 3. The Bertz CT molecular complexity index is 1410. The first kappa shape index (κ1) is 33.0. The van der Waals surface area contributed by atoms with Crippen LogP contribution in [0.15, 0.2) is 59.7 Å². The van der Waals surface area contributed by atoms with Crippen molar-refractivity contribution in [3.05, 3.63) is 94.8 Å². The van der Waals surface area contributed by atoms with Crippen LogP contribution in [-0.4, -0.2) is 53.3 Å². The second kappa shape index (κ2) is 16.3. The molecule has 0 bridgehead atoms. The lowest BCUT2D eigenvalue weighted by Gasteiger charge is -2.27. The normalized spacial score (nSPS) is 19.7. The van der Waals surface area contributed by atoms with Gasteiger partial charge in [0.15, 0.2) is 23.3 Å². The molecule has 1 fully saturated rings. The quantitative estimate of drug-likeness (QED) is 0.204. The lowest BCUT2D eigenvalue weighted by Crippen LogP contribution is -2.27. The molecule has 1 saturated heterocycles. The Morgan fingerprint density at radius 1 is 0.636 bits per heavy atom. The van der Waals surface area contributed by atoms with Crippen LogP contribution in [0.1, 0.15) is 49.3 Å². The Kier molecular flexibility index (Phi) is 12.2. The van der Waals surface area contributed by atoms with E-state index < -0.39 is 35.1 Å². The van der Waals surface area contributed by atoms with Gasteiger partial charge in [-0.3, -0.25) is 5.01 Å². The minimum Gasteiger partial charge on any atom is -0.371 e. The van der Waals surface area contributed by atoms with Gasteiger partial charge in [0, 0.05) is 42.9 Å². The molecule has 44 heavy (non-hydrogen) atoms. The molecular weight excluding hydrogens is 630 g/mol. The smallest absolute Gasteiger partial charge is 0.184 e. The number of nitrogens with zero attached hydrogens (tertiary/aromatic N) is 3. The Hall–Kier alpha value is -2.37. The summed E-state index contributed by atoms with van der Waals surface area (Å²) in [5.74, 6) is 1.57. The Morgan fingerprint density at radius 2 is 1.25 bits per heavy atom. The molecule has 0 aromatic heterocycles. The molecule has 2 aliphatic rings. The Balaban J connectivity index is 1.37. The van der Waals surface area contributed by atoms with E-state index in [0.717, 1.165) is 66.9 Å². The van der Waals surface area contributed by atoms with Crippen molar-refractivity contribution in [2.24, 2.45) is 5.10 Å². The molecule has 0 saturated carbocycles. The van der Waals surface area contributed by atoms with Crippen LogP contribution in [0.3, 0.4) is 0 Å². The van der Waals surface area contributed by atoms with E-state index in [1.807, 2.05) is 47.8 Å². The van der Waals surface area contributed by atoms with Crippen molar-refractivity contribution in [2.75, 3.05) is 57.5 Å². The first-order chi connectivity index (χ1) is 21.4. The zero-order valence-electron chi connectivity index (χ0n) is 24.4. The van der Waals surface area contributed by atoms with Crippen molar-refractivity contribution in [3.63, 3.8) is 0 Å². The van der Waals surface area contributed by atoms with Crippen molar-refractivity contribution < 1.29 is 22.0 Å². The van der Waals surface area contributed by atoms with E-state index in [1.165, 1.54) is 46.9 Å². The first-order valence-corrected chi connectivity index (χ1v) is 18.4. The van der Waals surface area contributed by atoms with E-state index in [-0.39, 0.29) is 12.1 Å². The number of thioether (sulfide) groups is 3. The highest BCUT2D eigenvalue weighted by molar-refractivity contribution is 8.00. The summed E-state index contributed by atoms with van der Waals surface area (Å²) in [5, 5.41) is 5.71. The van der Waals surface area contributed by atoms with Gasteiger partial charge in [0.2, 0.25) is 0 Å². The van der Waals surface area contributed by atoms with E-state index in [0.29, 0.717) is 17.3 Å². The van der Waals surface area contributed by atoms with Gasteiger partial charge in [0.05, 0.1) is 11.8 Å². The molecule has 3 aromatic rings. The molecule has 3 aromatic carbocycles. The third-order valence-corrected chi connectivity index (χ3v) is 11.1. The zero-order valence-corrected chi connectivity index (χ0v) is 26.9. The first-order valence-electron chi connectivity index (χ1n) is 15.0. The summed E-state index contributed by atoms with van der Waals surface area (Å²) in [7, 11) is 0. The number of anilines is 2. The molecule has 0 radical (unpaired) electrons. The lowest BCUT2D eigenvalue weighted by molar-refractivity contribution is 0.490. The molecule has 0 N–H and O–H groups in total. The zero-order chi connectivity index (χ0) is 30.9. The average molecular weight is 666 g/mol. The van der Waals surface area contributed by atoms with Crippen LogP contribution in [-0.2, 0) is 0 Å². The molecule has 0 unspecified atom stereocenters. The number of hydrogen-bond donors (Lipinski definition) is 0. The summed E-state index contributed by atoms with van der Waals surface area (Å²) < 4.78 is 71.2. The molecule has 0 aliphatic carbocycles. The number of halogens is 5. The third kappa shape index (κ3) is 8.66. The van der Waals surface area contributed by atoms with Crippen LogP contribution in [0.25, 0.3) is 0 Å². The molecule has 0 spiro atoms. The average Bonchev–Trinajstić information content (AvgIpc) is 3.46. The predicted octanol–water partition coefficient (Wildman–Crippen LogP) is 9.32. The summed E-state index contributed by atoms with van der Waals surface area (Å²) in [6.45, 7) is 1.89. The maximum Gasteiger partial charge on any atom is 0.184 e. The fraction of sp³-hybridized carbons (Fsp3) is 0.424. The molecule has 2 heterocycles. The van der Waals surface area contributed by atoms with Crippen molar-refractivity contribution in [1.82, 2.24) is 0 Å². The third-order valence-electron chi connectivity index (χ3n) is 7.61. The Labute approximate surface area is 269 Å². The molecule has 0 amide bonds. The van der Waals surface area contributed by atoms with Gasteiger partial charge in [-0.1, -0.05) is 12.1 Å². The topological polar surface area (TPSA) is 18.8 Å². The van der Waals surface area contributed by atoms with Crippen molar-refractivity contribution in [1.29, 1.82) is 0 Å². The summed E-state index contributed by atoms with van der Waals surface area (Å²) in [5.41, 5.74) is 2.16. The summed E-state index contributed by atoms with van der Waals surface area (Å²) in [4.78, 5) is 2.41. The van der Waals surface area contributed by atoms with Crippen molar-refractivity contribution >= 4 is 52.4 Å². The van der Waals surface area contributed by atoms with Crippen LogP contribution >= 0.6 is 35.3 Å². The van der Waals surface area contributed by atoms with Gasteiger partial charge in [-0.05, 0) is 96.1 Å². The lowest BCUT2D eigenvalue weighted by atomic mass is 9.97.